The molecule has 1 aromatic carbocycles. The molecule has 0 aliphatic carbocycles. The zero-order chi connectivity index (χ0) is 16.1. The van der Waals surface area contributed by atoms with E-state index in [4.69, 9.17) is 4.74 Å². The van der Waals surface area contributed by atoms with E-state index in [0.29, 0.717) is 13.2 Å². The standard InChI is InChI=1S/C14H16N2O6/c1-21-14(18)10-5-9(6-11(7-10)16(19)20)13(17)15-8-12-3-2-4-22-12/h5-7,12H,2-4,8H2,1H3,(H,15,17). The molecule has 1 unspecified atom stereocenters. The summed E-state index contributed by atoms with van der Waals surface area (Å²) >= 11 is 0. The van der Waals surface area contributed by atoms with Crippen LogP contribution in [-0.4, -0.2) is 43.2 Å². The Morgan fingerprint density at radius 2 is 2.14 bits per heavy atom. The summed E-state index contributed by atoms with van der Waals surface area (Å²) in [6.45, 7) is 0.999. The first-order chi connectivity index (χ1) is 10.5. The number of amides is 1. The second-order valence-electron chi connectivity index (χ2n) is 4.86. The second-order valence-corrected chi connectivity index (χ2v) is 4.86. The van der Waals surface area contributed by atoms with Crippen LogP contribution in [0.25, 0.3) is 0 Å². The predicted molar refractivity (Wildman–Crippen MR) is 75.7 cm³/mol. The number of nitrogens with zero attached hydrogens (tertiary/aromatic N) is 1. The number of nitro groups is 1. The molecule has 0 bridgehead atoms. The Labute approximate surface area is 126 Å². The summed E-state index contributed by atoms with van der Waals surface area (Å²) in [4.78, 5) is 33.9. The van der Waals surface area contributed by atoms with Gasteiger partial charge in [-0.1, -0.05) is 0 Å². The van der Waals surface area contributed by atoms with Crippen molar-refractivity contribution in [3.8, 4) is 0 Å². The van der Waals surface area contributed by atoms with E-state index in [9.17, 15) is 19.7 Å². The van der Waals surface area contributed by atoms with Crippen molar-refractivity contribution in [2.75, 3.05) is 20.3 Å². The number of carbonyl (C=O) groups is 2. The zero-order valence-corrected chi connectivity index (χ0v) is 12.0. The quantitative estimate of drug-likeness (QED) is 0.499. The van der Waals surface area contributed by atoms with Crippen LogP contribution in [0.15, 0.2) is 18.2 Å². The number of carbonyl (C=O) groups excluding carboxylic acids is 2. The first-order valence-corrected chi connectivity index (χ1v) is 6.79. The Bertz CT molecular complexity index is 595. The number of hydrogen-bond donors (Lipinski definition) is 1. The normalized spacial score (nSPS) is 17.0. The van der Waals surface area contributed by atoms with Gasteiger partial charge < -0.3 is 14.8 Å². The molecule has 0 radical (unpaired) electrons. The summed E-state index contributed by atoms with van der Waals surface area (Å²) in [5, 5.41) is 13.6. The van der Waals surface area contributed by atoms with Crippen LogP contribution in [0.5, 0.6) is 0 Å². The SMILES string of the molecule is COC(=O)c1cc(C(=O)NCC2CCCO2)cc([N+](=O)[O-])c1. The van der Waals surface area contributed by atoms with Crippen LogP contribution >= 0.6 is 0 Å². The number of esters is 1. The van der Waals surface area contributed by atoms with E-state index >= 15 is 0 Å². The molecular formula is C14H16N2O6. The highest BCUT2D eigenvalue weighted by Crippen LogP contribution is 2.18. The second kappa shape index (κ2) is 6.99. The lowest BCUT2D eigenvalue weighted by atomic mass is 10.1. The van der Waals surface area contributed by atoms with Gasteiger partial charge in [-0.2, -0.15) is 0 Å². The van der Waals surface area contributed by atoms with Crippen molar-refractivity contribution >= 4 is 17.6 Å². The van der Waals surface area contributed by atoms with Gasteiger partial charge in [0.05, 0.1) is 23.7 Å². The highest BCUT2D eigenvalue weighted by atomic mass is 16.6. The molecule has 8 heteroatoms. The Hall–Kier alpha value is -2.48. The molecule has 0 saturated carbocycles. The average molecular weight is 308 g/mol. The van der Waals surface area contributed by atoms with Crippen LogP contribution in [0.4, 0.5) is 5.69 Å². The minimum Gasteiger partial charge on any atom is -0.465 e. The van der Waals surface area contributed by atoms with Gasteiger partial charge in [0, 0.05) is 30.8 Å². The van der Waals surface area contributed by atoms with Crippen molar-refractivity contribution in [3.63, 3.8) is 0 Å². The highest BCUT2D eigenvalue weighted by molar-refractivity contribution is 5.98. The lowest BCUT2D eigenvalue weighted by molar-refractivity contribution is -0.384. The summed E-state index contributed by atoms with van der Waals surface area (Å²) in [5.41, 5.74) is -0.350. The van der Waals surface area contributed by atoms with Crippen molar-refractivity contribution in [3.05, 3.63) is 39.4 Å². The third kappa shape index (κ3) is 3.79. The maximum absolute atomic E-state index is 12.1. The van der Waals surface area contributed by atoms with Crippen molar-refractivity contribution in [1.29, 1.82) is 0 Å². The number of benzene rings is 1. The molecule has 0 spiro atoms. The summed E-state index contributed by atoms with van der Waals surface area (Å²) in [6, 6.07) is 3.46. The lowest BCUT2D eigenvalue weighted by Gasteiger charge is -2.11. The molecule has 1 aromatic rings. The zero-order valence-electron chi connectivity index (χ0n) is 12.0. The largest absolute Gasteiger partial charge is 0.465 e. The van der Waals surface area contributed by atoms with Crippen molar-refractivity contribution in [2.24, 2.45) is 0 Å². The van der Waals surface area contributed by atoms with E-state index in [2.05, 4.69) is 10.1 Å². The van der Waals surface area contributed by atoms with Gasteiger partial charge >= 0.3 is 5.97 Å². The first-order valence-electron chi connectivity index (χ1n) is 6.79. The van der Waals surface area contributed by atoms with Crippen LogP contribution in [0.2, 0.25) is 0 Å². The molecule has 8 nitrogen and oxygen atoms in total. The fraction of sp³-hybridized carbons (Fsp3) is 0.429. The summed E-state index contributed by atoms with van der Waals surface area (Å²) in [6.07, 6.45) is 1.77. The van der Waals surface area contributed by atoms with Gasteiger partial charge in [0.1, 0.15) is 0 Å². The monoisotopic (exact) mass is 308 g/mol. The average Bonchev–Trinajstić information content (AvgIpc) is 3.04. The fourth-order valence-corrected chi connectivity index (χ4v) is 2.20. The number of nitro benzene ring substituents is 1. The van der Waals surface area contributed by atoms with Gasteiger partial charge in [-0.15, -0.1) is 0 Å². The molecule has 1 amide bonds. The Morgan fingerprint density at radius 3 is 2.73 bits per heavy atom. The maximum Gasteiger partial charge on any atom is 0.338 e. The number of hydrogen-bond acceptors (Lipinski definition) is 6. The fourth-order valence-electron chi connectivity index (χ4n) is 2.20. The molecule has 1 saturated heterocycles. The third-order valence-corrected chi connectivity index (χ3v) is 3.33. The van der Waals surface area contributed by atoms with Crippen molar-refractivity contribution in [2.45, 2.75) is 18.9 Å². The van der Waals surface area contributed by atoms with E-state index in [1.165, 1.54) is 13.2 Å². The number of ether oxygens (including phenoxy) is 2. The maximum atomic E-state index is 12.1. The lowest BCUT2D eigenvalue weighted by Crippen LogP contribution is -2.31. The first kappa shape index (κ1) is 15.9. The summed E-state index contributed by atoms with van der Waals surface area (Å²) in [7, 11) is 1.17. The Balaban J connectivity index is 2.16. The van der Waals surface area contributed by atoms with Crippen molar-refractivity contribution in [1.82, 2.24) is 5.32 Å². The molecule has 22 heavy (non-hydrogen) atoms. The molecule has 118 valence electrons. The number of non-ortho nitro benzene ring substituents is 1. The highest BCUT2D eigenvalue weighted by Gasteiger charge is 2.20. The van der Waals surface area contributed by atoms with Crippen LogP contribution in [-0.2, 0) is 9.47 Å². The molecule has 1 atom stereocenters. The van der Waals surface area contributed by atoms with Crippen LogP contribution in [0.1, 0.15) is 33.6 Å². The molecule has 1 aliphatic rings. The number of rotatable bonds is 5. The van der Waals surface area contributed by atoms with Crippen LogP contribution in [0, 0.1) is 10.1 Å². The van der Waals surface area contributed by atoms with Gasteiger partial charge in [0.15, 0.2) is 0 Å². The van der Waals surface area contributed by atoms with Gasteiger partial charge in [-0.05, 0) is 18.9 Å². The Morgan fingerprint density at radius 1 is 1.41 bits per heavy atom. The molecule has 1 heterocycles. The van der Waals surface area contributed by atoms with E-state index < -0.39 is 16.8 Å². The topological polar surface area (TPSA) is 108 Å². The van der Waals surface area contributed by atoms with Gasteiger partial charge in [-0.25, -0.2) is 4.79 Å². The minimum absolute atomic E-state index is 0.0348. The molecule has 2 rings (SSSR count). The van der Waals surface area contributed by atoms with E-state index in [-0.39, 0.29) is 22.9 Å². The van der Waals surface area contributed by atoms with Gasteiger partial charge in [-0.3, -0.25) is 14.9 Å². The van der Waals surface area contributed by atoms with E-state index in [1.54, 1.807) is 0 Å². The van der Waals surface area contributed by atoms with E-state index in [0.717, 1.165) is 25.0 Å². The minimum atomic E-state index is -0.739. The molecular weight excluding hydrogens is 292 g/mol. The van der Waals surface area contributed by atoms with E-state index in [1.807, 2.05) is 0 Å². The van der Waals surface area contributed by atoms with Crippen LogP contribution in [0.3, 0.4) is 0 Å². The number of nitrogens with one attached hydrogen (secondary N) is 1. The number of methoxy groups -OCH3 is 1. The summed E-state index contributed by atoms with van der Waals surface area (Å²) < 4.78 is 9.92. The van der Waals surface area contributed by atoms with Gasteiger partial charge in [0.2, 0.25) is 0 Å². The molecule has 0 aromatic heterocycles. The predicted octanol–water partition coefficient (Wildman–Crippen LogP) is 1.29. The smallest absolute Gasteiger partial charge is 0.338 e. The molecule has 1 fully saturated rings. The third-order valence-electron chi connectivity index (χ3n) is 3.33. The van der Waals surface area contributed by atoms with Gasteiger partial charge in [0.25, 0.3) is 11.6 Å². The summed E-state index contributed by atoms with van der Waals surface area (Å²) in [5.74, 6) is -1.23. The van der Waals surface area contributed by atoms with Crippen LogP contribution < -0.4 is 5.32 Å². The van der Waals surface area contributed by atoms with Crippen molar-refractivity contribution < 1.29 is 24.0 Å². The Kier molecular flexibility index (Phi) is 5.05. The molecule has 1 N–H and O–H groups in total. The molecule has 1 aliphatic heterocycles.